The van der Waals surface area contributed by atoms with E-state index in [-0.39, 0.29) is 66.5 Å². The summed E-state index contributed by atoms with van der Waals surface area (Å²) in [6.07, 6.45) is 1.89. The van der Waals surface area contributed by atoms with Crippen molar-refractivity contribution in [2.45, 2.75) is 137 Å². The lowest BCUT2D eigenvalue weighted by molar-refractivity contribution is -0.147. The highest BCUT2D eigenvalue weighted by atomic mass is 16.5. The summed E-state index contributed by atoms with van der Waals surface area (Å²) in [5.74, 6) is -2.56. The number of ether oxygens (including phenoxy) is 3. The molecule has 2 rings (SSSR count). The lowest BCUT2D eigenvalue weighted by Gasteiger charge is -2.41. The van der Waals surface area contributed by atoms with E-state index in [1.54, 1.807) is 51.1 Å². The number of amides is 5. The standard InChI is InChI=1S/C45H77N7O8/c1-15-29(6)39(51(12)45(57)37(27(2)3)49-44(56)38(28(4)5)50(10)11)35(58-13)24-36(53)52-23-19-22-34(52)41(59-14)31(8)42(54)47-25-30(7)40(33-20-17-16-18-21-33)60-26-48-43(55)32(9)46/h16-18,20-21,25,27-32,34-35,37-41H,15,19,22-24,26,46H2,1-14H3,(H,48,55)(H,49,56)/t29-,30-,31+,32-,34-,35?,37-,38?,39?,40?,41+/m0/s1. The zero-order valence-corrected chi connectivity index (χ0v) is 38.8. The molecule has 0 spiro atoms. The van der Waals surface area contributed by atoms with Gasteiger partial charge in [-0.15, -0.1) is 0 Å². The van der Waals surface area contributed by atoms with Crippen LogP contribution in [0.15, 0.2) is 35.3 Å². The summed E-state index contributed by atoms with van der Waals surface area (Å²) < 4.78 is 18.1. The monoisotopic (exact) mass is 844 g/mol. The number of aliphatic imine (C=N–C) groups is 1. The Labute approximate surface area is 359 Å². The van der Waals surface area contributed by atoms with Crippen LogP contribution >= 0.6 is 0 Å². The Balaban J connectivity index is 2.27. The fourth-order valence-electron chi connectivity index (χ4n) is 8.35. The molecule has 15 nitrogen and oxygen atoms in total. The van der Waals surface area contributed by atoms with Crippen LogP contribution in [0.4, 0.5) is 0 Å². The molecule has 0 radical (unpaired) electrons. The summed E-state index contributed by atoms with van der Waals surface area (Å²) in [6.45, 7) is 17.5. The Morgan fingerprint density at radius 2 is 1.57 bits per heavy atom. The SMILES string of the molecule is CC[C@H](C)C(C(CC(=O)N1CCC[C@H]1[C@H](OC)[C@@H](C)C(=O)N=C[C@H](C)C(OCNC(=O)[C@H](C)N)c1ccccc1)OC)N(C)C(=O)[C@@H](NC(=O)C(C(C)C)N(C)C)C(C)C. The van der Waals surface area contributed by atoms with Crippen molar-refractivity contribution < 1.29 is 38.2 Å². The van der Waals surface area contributed by atoms with Gasteiger partial charge in [0.05, 0.1) is 54.8 Å². The maximum atomic E-state index is 14.3. The number of likely N-dealkylation sites (N-methyl/N-ethyl adjacent to an activating group) is 2. The molecule has 0 bridgehead atoms. The smallest absolute Gasteiger partial charge is 0.250 e. The molecule has 0 saturated carbocycles. The molecule has 4 N–H and O–H groups in total. The first-order valence-electron chi connectivity index (χ1n) is 21.6. The van der Waals surface area contributed by atoms with E-state index in [1.165, 1.54) is 0 Å². The minimum Gasteiger partial charge on any atom is -0.379 e. The molecule has 1 aliphatic rings. The van der Waals surface area contributed by atoms with Gasteiger partial charge in [0.1, 0.15) is 12.8 Å². The molecule has 11 atom stereocenters. The van der Waals surface area contributed by atoms with E-state index in [0.29, 0.717) is 13.0 Å². The van der Waals surface area contributed by atoms with Crippen LogP contribution in [-0.2, 0) is 38.2 Å². The molecule has 1 aliphatic heterocycles. The van der Waals surface area contributed by atoms with Crippen LogP contribution in [0.3, 0.4) is 0 Å². The average molecular weight is 844 g/mol. The summed E-state index contributed by atoms with van der Waals surface area (Å²) in [5, 5.41) is 5.70. The number of nitrogens with zero attached hydrogens (tertiary/aromatic N) is 4. The molecule has 1 aromatic rings. The first-order valence-corrected chi connectivity index (χ1v) is 21.6. The fourth-order valence-corrected chi connectivity index (χ4v) is 8.35. The minimum atomic E-state index is -0.775. The predicted molar refractivity (Wildman–Crippen MR) is 235 cm³/mol. The quantitative estimate of drug-likeness (QED) is 0.101. The number of benzene rings is 1. The summed E-state index contributed by atoms with van der Waals surface area (Å²) in [5.41, 5.74) is 6.53. The first kappa shape index (κ1) is 52.4. The summed E-state index contributed by atoms with van der Waals surface area (Å²) >= 11 is 0. The number of nitrogens with one attached hydrogen (secondary N) is 2. The van der Waals surface area contributed by atoms with Crippen LogP contribution in [0.1, 0.15) is 99.7 Å². The Kier molecular flexibility index (Phi) is 22.0. The lowest BCUT2D eigenvalue weighted by Crippen LogP contribution is -2.59. The van der Waals surface area contributed by atoms with Crippen LogP contribution < -0.4 is 16.4 Å². The Bertz CT molecular complexity index is 1530. The number of carbonyl (C=O) groups is 5. The molecule has 0 aromatic heterocycles. The largest absolute Gasteiger partial charge is 0.379 e. The van der Waals surface area contributed by atoms with Crippen molar-refractivity contribution in [1.29, 1.82) is 0 Å². The van der Waals surface area contributed by atoms with Crippen LogP contribution in [-0.4, -0.2) is 142 Å². The van der Waals surface area contributed by atoms with E-state index in [4.69, 9.17) is 19.9 Å². The molecule has 1 heterocycles. The molecule has 1 fully saturated rings. The van der Waals surface area contributed by atoms with Crippen LogP contribution in [0, 0.1) is 29.6 Å². The number of hydrogen-bond acceptors (Lipinski definition) is 10. The summed E-state index contributed by atoms with van der Waals surface area (Å²) in [7, 11) is 8.53. The normalized spacial score (nSPS) is 19.6. The molecule has 5 amide bonds. The lowest BCUT2D eigenvalue weighted by atomic mass is 9.89. The van der Waals surface area contributed by atoms with Crippen LogP contribution in [0.5, 0.6) is 0 Å². The zero-order chi connectivity index (χ0) is 45.4. The van der Waals surface area contributed by atoms with Gasteiger partial charge in [0.2, 0.25) is 23.6 Å². The maximum absolute atomic E-state index is 14.3. The van der Waals surface area contributed by atoms with Crippen molar-refractivity contribution in [3.8, 4) is 0 Å². The number of carbonyl (C=O) groups excluding carboxylic acids is 5. The Morgan fingerprint density at radius 3 is 2.08 bits per heavy atom. The number of nitrogens with two attached hydrogens (primary N) is 1. The first-order chi connectivity index (χ1) is 28.2. The van der Waals surface area contributed by atoms with Crippen molar-refractivity contribution in [3.63, 3.8) is 0 Å². The Morgan fingerprint density at radius 1 is 0.933 bits per heavy atom. The number of rotatable bonds is 24. The summed E-state index contributed by atoms with van der Waals surface area (Å²) in [6, 6.07) is 6.77. The van der Waals surface area contributed by atoms with Gasteiger partial charge in [0.25, 0.3) is 5.91 Å². The van der Waals surface area contributed by atoms with E-state index in [1.807, 2.05) is 97.8 Å². The molecular formula is C45H77N7O8. The predicted octanol–water partition coefficient (Wildman–Crippen LogP) is 4.05. The summed E-state index contributed by atoms with van der Waals surface area (Å²) in [4.78, 5) is 77.4. The average Bonchev–Trinajstić information content (AvgIpc) is 3.69. The van der Waals surface area contributed by atoms with Crippen molar-refractivity contribution in [2.24, 2.45) is 40.3 Å². The molecule has 340 valence electrons. The number of methoxy groups -OCH3 is 2. The minimum absolute atomic E-state index is 0.00827. The molecule has 1 aromatic carbocycles. The van der Waals surface area contributed by atoms with E-state index in [0.717, 1.165) is 18.4 Å². The van der Waals surface area contributed by atoms with Gasteiger partial charge in [-0.3, -0.25) is 28.9 Å². The second kappa shape index (κ2) is 25.2. The fraction of sp³-hybridized carbons (Fsp3) is 0.733. The zero-order valence-electron chi connectivity index (χ0n) is 38.8. The van der Waals surface area contributed by atoms with Gasteiger partial charge in [0.15, 0.2) is 0 Å². The topological polar surface area (TPSA) is 185 Å². The van der Waals surface area contributed by atoms with E-state index < -0.39 is 54.3 Å². The molecule has 60 heavy (non-hydrogen) atoms. The molecule has 4 unspecified atom stereocenters. The van der Waals surface area contributed by atoms with Gasteiger partial charge in [-0.25, -0.2) is 4.99 Å². The van der Waals surface area contributed by atoms with E-state index in [9.17, 15) is 24.0 Å². The van der Waals surface area contributed by atoms with E-state index >= 15 is 0 Å². The van der Waals surface area contributed by atoms with E-state index in [2.05, 4.69) is 15.6 Å². The third kappa shape index (κ3) is 14.4. The van der Waals surface area contributed by atoms with Crippen molar-refractivity contribution in [1.82, 2.24) is 25.3 Å². The van der Waals surface area contributed by atoms with Gasteiger partial charge in [-0.1, -0.05) is 92.1 Å². The van der Waals surface area contributed by atoms with Crippen LogP contribution in [0.25, 0.3) is 0 Å². The maximum Gasteiger partial charge on any atom is 0.250 e. The van der Waals surface area contributed by atoms with Gasteiger partial charge in [-0.2, -0.15) is 0 Å². The van der Waals surface area contributed by atoms with Gasteiger partial charge in [0, 0.05) is 39.9 Å². The van der Waals surface area contributed by atoms with Crippen molar-refractivity contribution in [2.75, 3.05) is 48.6 Å². The van der Waals surface area contributed by atoms with Gasteiger partial charge < -0.3 is 40.4 Å². The second-order valence-electron chi connectivity index (χ2n) is 17.4. The molecular weight excluding hydrogens is 767 g/mol. The van der Waals surface area contributed by atoms with Crippen LogP contribution in [0.2, 0.25) is 0 Å². The third-order valence-corrected chi connectivity index (χ3v) is 11.9. The third-order valence-electron chi connectivity index (χ3n) is 11.9. The van der Waals surface area contributed by atoms with Gasteiger partial charge >= 0.3 is 0 Å². The van der Waals surface area contributed by atoms with Crippen molar-refractivity contribution >= 4 is 35.8 Å². The Hall–Kier alpha value is -3.76. The number of likely N-dealkylation sites (tertiary alicyclic amines) is 1. The van der Waals surface area contributed by atoms with Gasteiger partial charge in [-0.05, 0) is 57.2 Å². The molecule has 15 heteroatoms. The second-order valence-corrected chi connectivity index (χ2v) is 17.4. The highest BCUT2D eigenvalue weighted by Gasteiger charge is 2.43. The van der Waals surface area contributed by atoms with Crippen molar-refractivity contribution in [3.05, 3.63) is 35.9 Å². The number of hydrogen-bond donors (Lipinski definition) is 3. The highest BCUT2D eigenvalue weighted by molar-refractivity contribution is 5.90. The highest BCUT2D eigenvalue weighted by Crippen LogP contribution is 2.31. The molecule has 1 saturated heterocycles. The molecule has 0 aliphatic carbocycles.